The number of hydrogen-bond acceptors (Lipinski definition) is 1. The van der Waals surface area contributed by atoms with Crippen LogP contribution in [0.2, 0.25) is 0 Å². The second-order valence-electron chi connectivity index (χ2n) is 4.61. The van der Waals surface area contributed by atoms with Crippen LogP contribution in [0.5, 0.6) is 0 Å². The maximum absolute atomic E-state index is 6.31. The van der Waals surface area contributed by atoms with Gasteiger partial charge in [0.25, 0.3) is 0 Å². The van der Waals surface area contributed by atoms with Crippen molar-refractivity contribution in [2.24, 2.45) is 0 Å². The predicted octanol–water partition coefficient (Wildman–Crippen LogP) is 5.56. The highest BCUT2D eigenvalue weighted by Gasteiger charge is 2.04. The van der Waals surface area contributed by atoms with Crippen LogP contribution in [-0.2, 0) is 0 Å². The Bertz CT molecular complexity index is 600. The van der Waals surface area contributed by atoms with Crippen molar-refractivity contribution in [3.8, 4) is 0 Å². The van der Waals surface area contributed by atoms with Crippen LogP contribution < -0.4 is 0 Å². The van der Waals surface area contributed by atoms with Crippen molar-refractivity contribution < 1.29 is 0 Å². The molecule has 0 aliphatic rings. The van der Waals surface area contributed by atoms with E-state index in [1.807, 2.05) is 67.7 Å². The number of halogens is 1. The molecule has 0 heterocycles. The number of rotatable bonds is 4. The molecule has 0 unspecified atom stereocenters. The molecular weight excluding hydrogens is 266 g/mol. The van der Waals surface area contributed by atoms with Crippen LogP contribution in [0.1, 0.15) is 25.0 Å². The Morgan fingerprint density at radius 3 is 2.05 bits per heavy atom. The Balaban J connectivity index is 2.16. The van der Waals surface area contributed by atoms with E-state index in [-0.39, 0.29) is 0 Å². The summed E-state index contributed by atoms with van der Waals surface area (Å²) in [5, 5.41) is 0. The van der Waals surface area contributed by atoms with Gasteiger partial charge in [0.2, 0.25) is 0 Å². The van der Waals surface area contributed by atoms with Crippen LogP contribution in [0.25, 0.3) is 11.6 Å². The molecule has 0 N–H and O–H groups in total. The molecule has 0 fully saturated rings. The lowest BCUT2D eigenvalue weighted by Gasteiger charge is -2.15. The van der Waals surface area contributed by atoms with Gasteiger partial charge >= 0.3 is 0 Å². The molecule has 102 valence electrons. The number of nitrogens with zero attached hydrogens (tertiary/aromatic N) is 1. The Hall–Kier alpha value is -1.99. The van der Waals surface area contributed by atoms with Gasteiger partial charge in [-0.2, -0.15) is 0 Å². The first-order valence-corrected chi connectivity index (χ1v) is 6.93. The molecule has 0 atom stereocenters. The molecule has 2 rings (SSSR count). The number of benzene rings is 2. The minimum atomic E-state index is 1.02. The average Bonchev–Trinajstić information content (AvgIpc) is 2.53. The van der Waals surface area contributed by atoms with Crippen molar-refractivity contribution in [2.75, 3.05) is 0 Å². The van der Waals surface area contributed by atoms with E-state index >= 15 is 0 Å². The monoisotopic (exact) mass is 283 g/mol. The SMILES string of the molecule is CC(=C(C)N(Cl)C=Cc1ccccc1)c1ccccc1. The van der Waals surface area contributed by atoms with Crippen LogP contribution >= 0.6 is 11.8 Å². The third-order valence-electron chi connectivity index (χ3n) is 3.27. The van der Waals surface area contributed by atoms with Crippen LogP contribution in [0, 0.1) is 0 Å². The van der Waals surface area contributed by atoms with Crippen molar-refractivity contribution in [3.05, 3.63) is 83.7 Å². The standard InChI is InChI=1S/C18H18ClN/c1-15(18-11-7-4-8-12-18)16(2)20(19)14-13-17-9-5-3-6-10-17/h3-14H,1-2H3. The molecule has 2 heteroatoms. The molecule has 0 aliphatic heterocycles. The summed E-state index contributed by atoms with van der Waals surface area (Å²) in [6.45, 7) is 4.10. The zero-order valence-corrected chi connectivity index (χ0v) is 12.5. The largest absolute Gasteiger partial charge is 0.265 e. The zero-order chi connectivity index (χ0) is 14.4. The summed E-state index contributed by atoms with van der Waals surface area (Å²) in [6.07, 6.45) is 3.87. The zero-order valence-electron chi connectivity index (χ0n) is 11.8. The van der Waals surface area contributed by atoms with Crippen LogP contribution in [0.15, 0.2) is 72.6 Å². The Morgan fingerprint density at radius 2 is 1.45 bits per heavy atom. The van der Waals surface area contributed by atoms with E-state index in [9.17, 15) is 0 Å². The van der Waals surface area contributed by atoms with Gasteiger partial charge in [-0.15, -0.1) is 0 Å². The van der Waals surface area contributed by atoms with E-state index in [1.54, 1.807) is 4.42 Å². The molecule has 0 aromatic heterocycles. The first-order chi connectivity index (χ1) is 9.68. The Kier molecular flexibility index (Phi) is 5.03. The lowest BCUT2D eigenvalue weighted by atomic mass is 10.1. The van der Waals surface area contributed by atoms with Gasteiger partial charge < -0.3 is 0 Å². The smallest absolute Gasteiger partial charge is 0.0352 e. The van der Waals surface area contributed by atoms with Gasteiger partial charge in [-0.3, -0.25) is 4.42 Å². The van der Waals surface area contributed by atoms with Gasteiger partial charge in [0.1, 0.15) is 0 Å². The van der Waals surface area contributed by atoms with E-state index < -0.39 is 0 Å². The summed E-state index contributed by atoms with van der Waals surface area (Å²) in [4.78, 5) is 0. The van der Waals surface area contributed by atoms with E-state index in [0.717, 1.165) is 11.3 Å². The van der Waals surface area contributed by atoms with Gasteiger partial charge in [0, 0.05) is 23.7 Å². The van der Waals surface area contributed by atoms with Crippen molar-refractivity contribution >= 4 is 23.4 Å². The van der Waals surface area contributed by atoms with Gasteiger partial charge in [-0.25, -0.2) is 0 Å². The third-order valence-corrected chi connectivity index (χ3v) is 3.63. The van der Waals surface area contributed by atoms with Gasteiger partial charge in [0.15, 0.2) is 0 Å². The van der Waals surface area contributed by atoms with E-state index in [1.165, 1.54) is 11.1 Å². The molecule has 0 saturated heterocycles. The molecule has 2 aromatic rings. The normalized spacial score (nSPS) is 12.3. The fourth-order valence-electron chi connectivity index (χ4n) is 1.88. The third kappa shape index (κ3) is 3.75. The van der Waals surface area contributed by atoms with E-state index in [2.05, 4.69) is 19.1 Å². The topological polar surface area (TPSA) is 3.24 Å². The summed E-state index contributed by atoms with van der Waals surface area (Å²) in [7, 11) is 0. The van der Waals surface area contributed by atoms with Gasteiger partial charge in [0.05, 0.1) is 0 Å². The second-order valence-corrected chi connectivity index (χ2v) is 4.98. The fraction of sp³-hybridized carbons (Fsp3) is 0.111. The molecule has 0 radical (unpaired) electrons. The molecule has 0 spiro atoms. The molecule has 0 bridgehead atoms. The van der Waals surface area contributed by atoms with Crippen molar-refractivity contribution in [1.29, 1.82) is 0 Å². The number of allylic oxidation sites excluding steroid dienone is 2. The minimum absolute atomic E-state index is 1.02. The summed E-state index contributed by atoms with van der Waals surface area (Å²) in [5.41, 5.74) is 4.50. The highest BCUT2D eigenvalue weighted by atomic mass is 35.5. The lowest BCUT2D eigenvalue weighted by Crippen LogP contribution is -2.02. The highest BCUT2D eigenvalue weighted by Crippen LogP contribution is 2.22. The summed E-state index contributed by atoms with van der Waals surface area (Å²) < 4.78 is 1.63. The van der Waals surface area contributed by atoms with Crippen LogP contribution in [-0.4, -0.2) is 4.42 Å². The van der Waals surface area contributed by atoms with Crippen molar-refractivity contribution in [1.82, 2.24) is 4.42 Å². The molecular formula is C18H18ClN. The average molecular weight is 284 g/mol. The molecule has 1 nitrogen and oxygen atoms in total. The second kappa shape index (κ2) is 6.97. The van der Waals surface area contributed by atoms with Crippen LogP contribution in [0.3, 0.4) is 0 Å². The summed E-state index contributed by atoms with van der Waals surface area (Å²) in [5.74, 6) is 0. The molecule has 0 saturated carbocycles. The quantitative estimate of drug-likeness (QED) is 0.664. The summed E-state index contributed by atoms with van der Waals surface area (Å²) in [6, 6.07) is 20.4. The Morgan fingerprint density at radius 1 is 0.900 bits per heavy atom. The summed E-state index contributed by atoms with van der Waals surface area (Å²) >= 11 is 6.31. The van der Waals surface area contributed by atoms with Crippen molar-refractivity contribution in [2.45, 2.75) is 13.8 Å². The molecule has 0 aliphatic carbocycles. The Labute approximate surface area is 125 Å². The highest BCUT2D eigenvalue weighted by molar-refractivity contribution is 6.15. The van der Waals surface area contributed by atoms with Crippen LogP contribution in [0.4, 0.5) is 0 Å². The lowest BCUT2D eigenvalue weighted by molar-refractivity contribution is 0.755. The van der Waals surface area contributed by atoms with Gasteiger partial charge in [-0.05, 0) is 36.6 Å². The van der Waals surface area contributed by atoms with Crippen molar-refractivity contribution in [3.63, 3.8) is 0 Å². The van der Waals surface area contributed by atoms with E-state index in [0.29, 0.717) is 0 Å². The van der Waals surface area contributed by atoms with E-state index in [4.69, 9.17) is 11.8 Å². The first kappa shape index (κ1) is 14.4. The minimum Gasteiger partial charge on any atom is -0.265 e. The maximum atomic E-state index is 6.31. The molecule has 0 amide bonds. The molecule has 2 aromatic carbocycles. The maximum Gasteiger partial charge on any atom is 0.0352 e. The molecule has 20 heavy (non-hydrogen) atoms. The predicted molar refractivity (Wildman–Crippen MR) is 87.9 cm³/mol. The fourth-order valence-corrected chi connectivity index (χ4v) is 2.07. The number of hydrogen-bond donors (Lipinski definition) is 0. The van der Waals surface area contributed by atoms with Gasteiger partial charge in [-0.1, -0.05) is 60.7 Å². The first-order valence-electron chi connectivity index (χ1n) is 6.59.